The van der Waals surface area contributed by atoms with E-state index >= 15 is 0 Å². The monoisotopic (exact) mass is 138 g/mol. The predicted molar refractivity (Wildman–Crippen MR) is 33.1 cm³/mol. The summed E-state index contributed by atoms with van der Waals surface area (Å²) < 4.78 is 7.23. The van der Waals surface area contributed by atoms with Crippen molar-refractivity contribution in [1.82, 2.24) is 8.75 Å². The van der Waals surface area contributed by atoms with Crippen LogP contribution < -0.4 is 0 Å². The first-order valence-electron chi connectivity index (χ1n) is 2.13. The van der Waals surface area contributed by atoms with Crippen molar-refractivity contribution in [3.63, 3.8) is 0 Å². The van der Waals surface area contributed by atoms with E-state index in [1.54, 1.807) is 0 Å². The second-order valence-corrected chi connectivity index (χ2v) is 1.82. The Balaban J connectivity index is 2.93. The molecule has 0 radical (unpaired) electrons. The molecule has 0 spiro atoms. The number of ketones is 1. The molecule has 0 saturated heterocycles. The van der Waals surface area contributed by atoms with Gasteiger partial charge >= 0.3 is 0 Å². The molecule has 0 saturated carbocycles. The fraction of sp³-hybridized carbons (Fsp3) is 0. The molecular weight excluding hydrogens is 136 g/mol. The van der Waals surface area contributed by atoms with Crippen molar-refractivity contribution in [2.24, 2.45) is 0 Å². The first kappa shape index (κ1) is 5.92. The highest BCUT2D eigenvalue weighted by molar-refractivity contribution is 6.99. The lowest BCUT2D eigenvalue weighted by Crippen LogP contribution is -1.92. The number of Topliss-reactive ketones (excluding diaryl/α,β-unsaturated/α-hetero) is 1. The summed E-state index contributed by atoms with van der Waals surface area (Å²) in [6, 6.07) is 0. The van der Waals surface area contributed by atoms with E-state index in [-0.39, 0.29) is 5.69 Å². The Bertz CT molecular complexity index is 246. The van der Waals surface area contributed by atoms with Crippen LogP contribution in [0, 0.1) is 12.3 Å². The summed E-state index contributed by atoms with van der Waals surface area (Å²) in [7, 11) is 0. The molecule has 1 rings (SSSR count). The number of aromatic nitrogens is 2. The number of hydrogen-bond donors (Lipinski definition) is 0. The second kappa shape index (κ2) is 2.37. The summed E-state index contributed by atoms with van der Waals surface area (Å²) in [5.41, 5.74) is 0.252. The van der Waals surface area contributed by atoms with Crippen LogP contribution in [0.4, 0.5) is 0 Å². The highest BCUT2D eigenvalue weighted by Crippen LogP contribution is 1.94. The van der Waals surface area contributed by atoms with Crippen LogP contribution in [0.3, 0.4) is 0 Å². The Morgan fingerprint density at radius 3 is 3.11 bits per heavy atom. The molecule has 0 amide bonds. The first-order chi connectivity index (χ1) is 4.34. The van der Waals surface area contributed by atoms with Crippen LogP contribution in [-0.4, -0.2) is 14.5 Å². The van der Waals surface area contributed by atoms with E-state index in [0.29, 0.717) is 0 Å². The lowest BCUT2D eigenvalue weighted by Gasteiger charge is -1.76. The summed E-state index contributed by atoms with van der Waals surface area (Å²) in [5.74, 6) is 1.52. The molecule has 0 bridgehead atoms. The van der Waals surface area contributed by atoms with Gasteiger partial charge in [0.1, 0.15) is 0 Å². The zero-order chi connectivity index (χ0) is 6.69. The molecule has 9 heavy (non-hydrogen) atoms. The highest BCUT2D eigenvalue weighted by atomic mass is 32.1. The first-order valence-corrected chi connectivity index (χ1v) is 2.86. The Kier molecular flexibility index (Phi) is 1.56. The number of carbonyl (C=O) groups is 1. The zero-order valence-electron chi connectivity index (χ0n) is 4.37. The van der Waals surface area contributed by atoms with Gasteiger partial charge in [-0.1, -0.05) is 0 Å². The van der Waals surface area contributed by atoms with Gasteiger partial charge in [-0.3, -0.25) is 4.79 Å². The Labute approximate surface area is 56.0 Å². The van der Waals surface area contributed by atoms with Crippen LogP contribution in [0.2, 0.25) is 0 Å². The van der Waals surface area contributed by atoms with E-state index in [1.807, 2.05) is 5.92 Å². The molecule has 0 aliphatic carbocycles. The molecule has 0 N–H and O–H groups in total. The number of carbonyl (C=O) groups excluding carboxylic acids is 1. The average Bonchev–Trinajstić information content (AvgIpc) is 2.37. The van der Waals surface area contributed by atoms with Crippen molar-refractivity contribution in [2.75, 3.05) is 0 Å². The van der Waals surface area contributed by atoms with E-state index in [2.05, 4.69) is 8.75 Å². The Hall–Kier alpha value is -1.21. The summed E-state index contributed by atoms with van der Waals surface area (Å²) in [6.07, 6.45) is 6.15. The SMILES string of the molecule is C#CC(=O)c1cnsn1. The Morgan fingerprint density at radius 2 is 2.67 bits per heavy atom. The van der Waals surface area contributed by atoms with Crippen molar-refractivity contribution in [2.45, 2.75) is 0 Å². The third-order valence-corrected chi connectivity index (χ3v) is 1.20. The predicted octanol–water partition coefficient (Wildman–Crippen LogP) is 0.354. The van der Waals surface area contributed by atoms with Gasteiger partial charge in [0.25, 0.3) is 5.78 Å². The van der Waals surface area contributed by atoms with Crippen molar-refractivity contribution in [3.05, 3.63) is 11.9 Å². The lowest BCUT2D eigenvalue weighted by molar-refractivity contribution is 0.105. The van der Waals surface area contributed by atoms with Gasteiger partial charge in [-0.15, -0.1) is 6.42 Å². The maximum atomic E-state index is 10.5. The second-order valence-electron chi connectivity index (χ2n) is 1.27. The summed E-state index contributed by atoms with van der Waals surface area (Å²) in [6.45, 7) is 0. The third-order valence-electron chi connectivity index (χ3n) is 0.725. The van der Waals surface area contributed by atoms with Crippen LogP contribution in [0.1, 0.15) is 10.5 Å². The fourth-order valence-corrected chi connectivity index (χ4v) is 0.751. The van der Waals surface area contributed by atoms with E-state index in [1.165, 1.54) is 6.20 Å². The highest BCUT2D eigenvalue weighted by Gasteiger charge is 2.02. The van der Waals surface area contributed by atoms with Gasteiger partial charge in [-0.05, 0) is 5.92 Å². The van der Waals surface area contributed by atoms with E-state index in [0.717, 1.165) is 11.7 Å². The summed E-state index contributed by atoms with van der Waals surface area (Å²) >= 11 is 0.967. The topological polar surface area (TPSA) is 42.9 Å². The van der Waals surface area contributed by atoms with Gasteiger partial charge < -0.3 is 0 Å². The zero-order valence-corrected chi connectivity index (χ0v) is 5.18. The molecule has 0 unspecified atom stereocenters. The van der Waals surface area contributed by atoms with E-state index in [9.17, 15) is 4.79 Å². The standard InChI is InChI=1S/C5H2N2OS/c1-2-5(8)4-3-6-9-7-4/h1,3H. The molecule has 3 nitrogen and oxygen atoms in total. The average molecular weight is 138 g/mol. The molecular formula is C5H2N2OS. The molecule has 1 heterocycles. The van der Waals surface area contributed by atoms with Gasteiger partial charge in [0.05, 0.1) is 17.9 Å². The van der Waals surface area contributed by atoms with Crippen LogP contribution in [0.25, 0.3) is 0 Å². The van der Waals surface area contributed by atoms with Gasteiger partial charge in [0, 0.05) is 0 Å². The molecule has 1 aromatic heterocycles. The minimum Gasteiger partial charge on any atom is -0.277 e. The van der Waals surface area contributed by atoms with Gasteiger partial charge in [-0.25, -0.2) is 0 Å². The van der Waals surface area contributed by atoms with Gasteiger partial charge in [0.2, 0.25) is 0 Å². The molecule has 0 aliphatic heterocycles. The van der Waals surface area contributed by atoms with E-state index in [4.69, 9.17) is 6.42 Å². The smallest absolute Gasteiger partial charge is 0.256 e. The largest absolute Gasteiger partial charge is 0.277 e. The molecule has 44 valence electrons. The molecule has 4 heteroatoms. The third kappa shape index (κ3) is 1.12. The quantitative estimate of drug-likeness (QED) is 0.319. The van der Waals surface area contributed by atoms with Crippen molar-refractivity contribution < 1.29 is 4.79 Å². The van der Waals surface area contributed by atoms with Crippen LogP contribution in [-0.2, 0) is 0 Å². The fourth-order valence-electron chi connectivity index (χ4n) is 0.339. The van der Waals surface area contributed by atoms with Gasteiger partial charge in [-0.2, -0.15) is 8.75 Å². The number of nitrogens with zero attached hydrogens (tertiary/aromatic N) is 2. The molecule has 0 atom stereocenters. The molecule has 0 aliphatic rings. The summed E-state index contributed by atoms with van der Waals surface area (Å²) in [4.78, 5) is 10.5. The minimum atomic E-state index is -0.413. The van der Waals surface area contributed by atoms with Crippen LogP contribution in [0.15, 0.2) is 6.20 Å². The molecule has 1 aromatic rings. The van der Waals surface area contributed by atoms with E-state index < -0.39 is 5.78 Å². The van der Waals surface area contributed by atoms with Gasteiger partial charge in [0.15, 0.2) is 5.69 Å². The number of rotatable bonds is 1. The summed E-state index contributed by atoms with van der Waals surface area (Å²) in [5, 5.41) is 0. The minimum absolute atomic E-state index is 0.252. The van der Waals surface area contributed by atoms with Crippen molar-refractivity contribution >= 4 is 17.5 Å². The van der Waals surface area contributed by atoms with Crippen molar-refractivity contribution in [1.29, 1.82) is 0 Å². The Morgan fingerprint density at radius 1 is 1.89 bits per heavy atom. The van der Waals surface area contributed by atoms with Crippen molar-refractivity contribution in [3.8, 4) is 12.3 Å². The molecule has 0 fully saturated rings. The van der Waals surface area contributed by atoms with Crippen LogP contribution in [0.5, 0.6) is 0 Å². The normalized spacial score (nSPS) is 8.33. The number of hydrogen-bond acceptors (Lipinski definition) is 4. The van der Waals surface area contributed by atoms with Crippen LogP contribution >= 0.6 is 11.7 Å². The maximum Gasteiger partial charge on any atom is 0.256 e. The number of terminal acetylenes is 1. The molecule has 0 aromatic carbocycles. The maximum absolute atomic E-state index is 10.5. The lowest BCUT2D eigenvalue weighted by atomic mass is 10.3.